The number of rotatable bonds is 5. The van der Waals surface area contributed by atoms with E-state index in [0.29, 0.717) is 4.90 Å². The molecular formula is C13H16FNO3S. The third-order valence-corrected chi connectivity index (χ3v) is 3.39. The highest BCUT2D eigenvalue weighted by Gasteiger charge is 2.30. The van der Waals surface area contributed by atoms with Gasteiger partial charge in [-0.2, -0.15) is 0 Å². The molecule has 0 atom stereocenters. The fraction of sp³-hybridized carbons (Fsp3) is 0.385. The molecule has 0 aromatic heterocycles. The Morgan fingerprint density at radius 3 is 2.58 bits per heavy atom. The van der Waals surface area contributed by atoms with Crippen LogP contribution in [-0.4, -0.2) is 30.3 Å². The summed E-state index contributed by atoms with van der Waals surface area (Å²) in [5.41, 5.74) is -1.10. The lowest BCUT2D eigenvalue weighted by Crippen LogP contribution is -2.50. The van der Waals surface area contributed by atoms with Crippen LogP contribution in [0.4, 0.5) is 4.39 Å². The molecule has 104 valence electrons. The molecule has 1 amide bonds. The highest BCUT2D eigenvalue weighted by atomic mass is 32.2. The second-order valence-electron chi connectivity index (χ2n) is 4.38. The van der Waals surface area contributed by atoms with Crippen molar-refractivity contribution in [2.45, 2.75) is 24.3 Å². The van der Waals surface area contributed by atoms with Crippen LogP contribution in [0.25, 0.3) is 0 Å². The van der Waals surface area contributed by atoms with Crippen LogP contribution >= 0.6 is 11.8 Å². The zero-order valence-corrected chi connectivity index (χ0v) is 11.8. The van der Waals surface area contributed by atoms with Gasteiger partial charge in [0.2, 0.25) is 5.91 Å². The molecule has 0 spiro atoms. The standard InChI is InChI=1S/C13H16FNO3S/c1-13(2,12(17)18-3)15-11(16)8-19-10-7-5-4-6-9(10)14/h4-7H,8H2,1-3H3,(H,15,16). The van der Waals surface area contributed by atoms with Crippen molar-refractivity contribution in [1.29, 1.82) is 0 Å². The molecule has 0 aliphatic heterocycles. The van der Waals surface area contributed by atoms with E-state index in [-0.39, 0.29) is 17.5 Å². The molecule has 6 heteroatoms. The molecule has 0 heterocycles. The molecule has 0 radical (unpaired) electrons. The van der Waals surface area contributed by atoms with E-state index in [1.165, 1.54) is 13.2 Å². The molecule has 0 aliphatic rings. The van der Waals surface area contributed by atoms with Gasteiger partial charge in [0.05, 0.1) is 12.9 Å². The summed E-state index contributed by atoms with van der Waals surface area (Å²) in [4.78, 5) is 23.5. The van der Waals surface area contributed by atoms with Crippen molar-refractivity contribution in [1.82, 2.24) is 5.32 Å². The zero-order valence-electron chi connectivity index (χ0n) is 11.0. The molecule has 0 unspecified atom stereocenters. The Labute approximate surface area is 115 Å². The van der Waals surface area contributed by atoms with E-state index in [1.54, 1.807) is 32.0 Å². The summed E-state index contributed by atoms with van der Waals surface area (Å²) in [6.45, 7) is 3.09. The van der Waals surface area contributed by atoms with Gasteiger partial charge in [-0.3, -0.25) is 4.79 Å². The molecule has 1 rings (SSSR count). The molecular weight excluding hydrogens is 269 g/mol. The van der Waals surface area contributed by atoms with Gasteiger partial charge in [-0.05, 0) is 26.0 Å². The molecule has 4 nitrogen and oxygen atoms in total. The largest absolute Gasteiger partial charge is 0.467 e. The fourth-order valence-electron chi connectivity index (χ4n) is 1.40. The normalized spacial score (nSPS) is 10.9. The Morgan fingerprint density at radius 2 is 2.00 bits per heavy atom. The maximum atomic E-state index is 13.3. The van der Waals surface area contributed by atoms with E-state index in [1.807, 2.05) is 0 Å². The molecule has 1 aromatic rings. The van der Waals surface area contributed by atoms with E-state index >= 15 is 0 Å². The minimum absolute atomic E-state index is 0.0291. The number of amides is 1. The minimum atomic E-state index is -1.10. The number of esters is 1. The lowest BCUT2D eigenvalue weighted by molar-refractivity contribution is -0.149. The first-order chi connectivity index (χ1) is 8.86. The van der Waals surface area contributed by atoms with Gasteiger partial charge in [-0.15, -0.1) is 11.8 Å². The van der Waals surface area contributed by atoms with Gasteiger partial charge in [0, 0.05) is 4.90 Å². The Kier molecular flexibility index (Phi) is 5.35. The smallest absolute Gasteiger partial charge is 0.330 e. The van der Waals surface area contributed by atoms with Crippen LogP contribution in [0.5, 0.6) is 0 Å². The molecule has 0 aliphatic carbocycles. The lowest BCUT2D eigenvalue weighted by Gasteiger charge is -2.22. The van der Waals surface area contributed by atoms with E-state index < -0.39 is 11.5 Å². The Bertz CT molecular complexity index is 477. The third kappa shape index (κ3) is 4.55. The number of halogens is 1. The first-order valence-corrected chi connectivity index (χ1v) is 6.62. The van der Waals surface area contributed by atoms with Gasteiger partial charge in [-0.1, -0.05) is 12.1 Å². The predicted octanol–water partition coefficient (Wildman–Crippen LogP) is 1.99. The summed E-state index contributed by atoms with van der Waals surface area (Å²) in [5.74, 6) is -1.23. The minimum Gasteiger partial charge on any atom is -0.467 e. The average molecular weight is 285 g/mol. The quantitative estimate of drug-likeness (QED) is 0.664. The van der Waals surface area contributed by atoms with Crippen LogP contribution in [0.2, 0.25) is 0 Å². The van der Waals surface area contributed by atoms with Gasteiger partial charge >= 0.3 is 5.97 Å². The van der Waals surface area contributed by atoms with E-state index in [9.17, 15) is 14.0 Å². The SMILES string of the molecule is COC(=O)C(C)(C)NC(=O)CSc1ccccc1F. The number of nitrogens with one attached hydrogen (secondary N) is 1. The summed E-state index contributed by atoms with van der Waals surface area (Å²) < 4.78 is 17.9. The van der Waals surface area contributed by atoms with Crippen LogP contribution in [0.3, 0.4) is 0 Å². The molecule has 0 bridgehead atoms. The van der Waals surface area contributed by atoms with Crippen LogP contribution in [0.1, 0.15) is 13.8 Å². The van der Waals surface area contributed by atoms with Crippen molar-refractivity contribution in [3.05, 3.63) is 30.1 Å². The second kappa shape index (κ2) is 6.56. The maximum absolute atomic E-state index is 13.3. The van der Waals surface area contributed by atoms with Crippen molar-refractivity contribution >= 4 is 23.6 Å². The summed E-state index contributed by atoms with van der Waals surface area (Å²) >= 11 is 1.08. The summed E-state index contributed by atoms with van der Waals surface area (Å²) in [6, 6.07) is 6.21. The average Bonchev–Trinajstić information content (AvgIpc) is 2.36. The summed E-state index contributed by atoms with van der Waals surface area (Å²) in [7, 11) is 1.25. The molecule has 0 fully saturated rings. The topological polar surface area (TPSA) is 55.4 Å². The molecule has 1 aromatic carbocycles. The Hall–Kier alpha value is -1.56. The Morgan fingerprint density at radius 1 is 1.37 bits per heavy atom. The lowest BCUT2D eigenvalue weighted by atomic mass is 10.1. The molecule has 1 N–H and O–H groups in total. The van der Waals surface area contributed by atoms with Crippen molar-refractivity contribution in [2.24, 2.45) is 0 Å². The molecule has 19 heavy (non-hydrogen) atoms. The Balaban J connectivity index is 2.53. The van der Waals surface area contributed by atoms with Crippen molar-refractivity contribution < 1.29 is 18.7 Å². The van der Waals surface area contributed by atoms with Gasteiger partial charge in [0.15, 0.2) is 0 Å². The fourth-order valence-corrected chi connectivity index (χ4v) is 2.14. The van der Waals surface area contributed by atoms with Gasteiger partial charge < -0.3 is 10.1 Å². The van der Waals surface area contributed by atoms with E-state index in [4.69, 9.17) is 0 Å². The number of hydrogen-bond acceptors (Lipinski definition) is 4. The van der Waals surface area contributed by atoms with Crippen LogP contribution in [-0.2, 0) is 14.3 Å². The highest BCUT2D eigenvalue weighted by Crippen LogP contribution is 2.21. The number of ether oxygens (including phenoxy) is 1. The number of carbonyl (C=O) groups excluding carboxylic acids is 2. The summed E-state index contributed by atoms with van der Waals surface area (Å²) in [5, 5.41) is 2.54. The number of methoxy groups -OCH3 is 1. The summed E-state index contributed by atoms with van der Waals surface area (Å²) in [6.07, 6.45) is 0. The maximum Gasteiger partial charge on any atom is 0.330 e. The van der Waals surface area contributed by atoms with Gasteiger partial charge in [0.25, 0.3) is 0 Å². The van der Waals surface area contributed by atoms with Crippen LogP contribution < -0.4 is 5.32 Å². The number of hydrogen-bond donors (Lipinski definition) is 1. The third-order valence-electron chi connectivity index (χ3n) is 2.34. The van der Waals surface area contributed by atoms with Crippen molar-refractivity contribution in [3.8, 4) is 0 Å². The second-order valence-corrected chi connectivity index (χ2v) is 5.40. The number of carbonyl (C=O) groups is 2. The molecule has 0 saturated carbocycles. The number of benzene rings is 1. The number of thioether (sulfide) groups is 1. The van der Waals surface area contributed by atoms with Crippen LogP contribution in [0, 0.1) is 5.82 Å². The first kappa shape index (κ1) is 15.5. The first-order valence-electron chi connectivity index (χ1n) is 5.63. The van der Waals surface area contributed by atoms with Crippen molar-refractivity contribution in [2.75, 3.05) is 12.9 Å². The van der Waals surface area contributed by atoms with Gasteiger partial charge in [-0.25, -0.2) is 9.18 Å². The van der Waals surface area contributed by atoms with Gasteiger partial charge in [0.1, 0.15) is 11.4 Å². The predicted molar refractivity (Wildman–Crippen MR) is 71.4 cm³/mol. The van der Waals surface area contributed by atoms with Crippen molar-refractivity contribution in [3.63, 3.8) is 0 Å². The zero-order chi connectivity index (χ0) is 14.5. The van der Waals surface area contributed by atoms with E-state index in [2.05, 4.69) is 10.1 Å². The highest BCUT2D eigenvalue weighted by molar-refractivity contribution is 8.00. The van der Waals surface area contributed by atoms with Crippen LogP contribution in [0.15, 0.2) is 29.2 Å². The monoisotopic (exact) mass is 285 g/mol. The van der Waals surface area contributed by atoms with E-state index in [0.717, 1.165) is 11.8 Å². The molecule has 0 saturated heterocycles.